The third-order valence-electron chi connectivity index (χ3n) is 4.57. The van der Waals surface area contributed by atoms with Crippen molar-refractivity contribution in [2.75, 3.05) is 26.7 Å². The number of likely N-dealkylation sites (tertiary alicyclic amines) is 1. The predicted molar refractivity (Wildman–Crippen MR) is 92.6 cm³/mol. The monoisotopic (exact) mass is 298 g/mol. The summed E-state index contributed by atoms with van der Waals surface area (Å²) >= 11 is 0. The SMILES string of the molecule is CC1CCC(c2ccc3[nH]ncc3c2)=NC1.CN1CCCC1. The first kappa shape index (κ1) is 15.2. The first-order chi connectivity index (χ1) is 10.7. The van der Waals surface area contributed by atoms with E-state index in [4.69, 9.17) is 0 Å². The molecule has 1 saturated heterocycles. The smallest absolute Gasteiger partial charge is 0.0650 e. The second-order valence-electron chi connectivity index (χ2n) is 6.61. The van der Waals surface area contributed by atoms with E-state index in [-0.39, 0.29) is 0 Å². The maximum absolute atomic E-state index is 4.66. The summed E-state index contributed by atoms with van der Waals surface area (Å²) in [6.45, 7) is 5.87. The lowest BCUT2D eigenvalue weighted by molar-refractivity contribution is 0.418. The summed E-state index contributed by atoms with van der Waals surface area (Å²) in [7, 11) is 2.17. The molecule has 4 heteroatoms. The van der Waals surface area contributed by atoms with Crippen molar-refractivity contribution in [1.82, 2.24) is 15.1 Å². The molecule has 1 atom stereocenters. The summed E-state index contributed by atoms with van der Waals surface area (Å²) in [5.41, 5.74) is 3.59. The Morgan fingerprint density at radius 3 is 2.68 bits per heavy atom. The maximum atomic E-state index is 4.66. The van der Waals surface area contributed by atoms with Crippen LogP contribution in [0.2, 0.25) is 0 Å². The predicted octanol–water partition coefficient (Wildman–Crippen LogP) is 3.49. The number of benzene rings is 1. The summed E-state index contributed by atoms with van der Waals surface area (Å²) in [4.78, 5) is 7.02. The second kappa shape index (κ2) is 7.05. The average Bonchev–Trinajstić information content (AvgIpc) is 3.19. The Morgan fingerprint density at radius 2 is 2.05 bits per heavy atom. The molecule has 0 bridgehead atoms. The number of hydrogen-bond donors (Lipinski definition) is 1. The normalized spacial score (nSPS) is 22.3. The molecule has 0 radical (unpaired) electrons. The van der Waals surface area contributed by atoms with Gasteiger partial charge in [-0.3, -0.25) is 10.1 Å². The van der Waals surface area contributed by atoms with Crippen LogP contribution in [0.5, 0.6) is 0 Å². The van der Waals surface area contributed by atoms with Gasteiger partial charge in [0.25, 0.3) is 0 Å². The molecule has 1 aromatic heterocycles. The molecule has 0 aliphatic carbocycles. The Kier molecular flexibility index (Phi) is 4.88. The highest BCUT2D eigenvalue weighted by molar-refractivity contribution is 6.03. The van der Waals surface area contributed by atoms with Gasteiger partial charge in [-0.25, -0.2) is 0 Å². The van der Waals surface area contributed by atoms with Gasteiger partial charge < -0.3 is 4.90 Å². The van der Waals surface area contributed by atoms with Crippen LogP contribution in [-0.4, -0.2) is 47.5 Å². The van der Waals surface area contributed by atoms with Gasteiger partial charge >= 0.3 is 0 Å². The molecule has 22 heavy (non-hydrogen) atoms. The van der Waals surface area contributed by atoms with Crippen molar-refractivity contribution in [3.05, 3.63) is 30.0 Å². The molecular weight excluding hydrogens is 272 g/mol. The Labute approximate surface area is 132 Å². The van der Waals surface area contributed by atoms with Gasteiger partial charge in [0.2, 0.25) is 0 Å². The lowest BCUT2D eigenvalue weighted by Crippen LogP contribution is -2.14. The van der Waals surface area contributed by atoms with E-state index in [1.54, 1.807) is 0 Å². The molecule has 2 aliphatic heterocycles. The van der Waals surface area contributed by atoms with E-state index in [9.17, 15) is 0 Å². The maximum Gasteiger partial charge on any atom is 0.0650 e. The molecule has 4 rings (SSSR count). The van der Waals surface area contributed by atoms with Crippen molar-refractivity contribution in [2.45, 2.75) is 32.6 Å². The van der Waals surface area contributed by atoms with Crippen LogP contribution in [0.25, 0.3) is 10.9 Å². The summed E-state index contributed by atoms with van der Waals surface area (Å²) in [5, 5.41) is 8.17. The summed E-state index contributed by atoms with van der Waals surface area (Å²) in [5.74, 6) is 0.737. The molecule has 2 aromatic rings. The molecule has 1 aromatic carbocycles. The van der Waals surface area contributed by atoms with E-state index in [1.165, 1.54) is 49.0 Å². The van der Waals surface area contributed by atoms with E-state index < -0.39 is 0 Å². The highest BCUT2D eigenvalue weighted by Gasteiger charge is 2.13. The van der Waals surface area contributed by atoms with E-state index >= 15 is 0 Å². The highest BCUT2D eigenvalue weighted by Crippen LogP contribution is 2.20. The molecule has 4 nitrogen and oxygen atoms in total. The van der Waals surface area contributed by atoms with Gasteiger partial charge in [0, 0.05) is 17.6 Å². The molecule has 1 N–H and O–H groups in total. The van der Waals surface area contributed by atoms with Crippen molar-refractivity contribution < 1.29 is 0 Å². The Balaban J connectivity index is 0.000000202. The summed E-state index contributed by atoms with van der Waals surface area (Å²) in [6.07, 6.45) is 7.05. The van der Waals surface area contributed by atoms with Crippen LogP contribution < -0.4 is 0 Å². The molecule has 0 spiro atoms. The van der Waals surface area contributed by atoms with Crippen LogP contribution in [0.1, 0.15) is 38.2 Å². The quantitative estimate of drug-likeness (QED) is 0.876. The third-order valence-corrected chi connectivity index (χ3v) is 4.57. The van der Waals surface area contributed by atoms with Crippen LogP contribution in [0.3, 0.4) is 0 Å². The van der Waals surface area contributed by atoms with Gasteiger partial charge in [-0.15, -0.1) is 0 Å². The molecule has 118 valence electrons. The number of aromatic nitrogens is 2. The fourth-order valence-electron chi connectivity index (χ4n) is 3.05. The number of H-pyrrole nitrogens is 1. The number of aliphatic imine (C=N–C) groups is 1. The molecule has 1 fully saturated rings. The second-order valence-corrected chi connectivity index (χ2v) is 6.61. The molecular formula is C18H26N4. The van der Waals surface area contributed by atoms with Crippen LogP contribution >= 0.6 is 0 Å². The first-order valence-electron chi connectivity index (χ1n) is 8.38. The number of aromatic amines is 1. The van der Waals surface area contributed by atoms with Crippen molar-refractivity contribution in [3.8, 4) is 0 Å². The van der Waals surface area contributed by atoms with Crippen molar-refractivity contribution in [2.24, 2.45) is 10.9 Å². The Bertz CT molecular complexity index is 637. The van der Waals surface area contributed by atoms with Crippen LogP contribution in [-0.2, 0) is 0 Å². The zero-order chi connectivity index (χ0) is 15.4. The highest BCUT2D eigenvalue weighted by atomic mass is 15.1. The van der Waals surface area contributed by atoms with E-state index in [0.717, 1.165) is 24.4 Å². The minimum Gasteiger partial charge on any atom is -0.306 e. The Hall–Kier alpha value is -1.68. The van der Waals surface area contributed by atoms with Crippen molar-refractivity contribution >= 4 is 16.6 Å². The van der Waals surface area contributed by atoms with Gasteiger partial charge in [0.15, 0.2) is 0 Å². The van der Waals surface area contributed by atoms with Gasteiger partial charge in [-0.1, -0.05) is 13.0 Å². The largest absolute Gasteiger partial charge is 0.306 e. The van der Waals surface area contributed by atoms with Crippen molar-refractivity contribution in [3.63, 3.8) is 0 Å². The van der Waals surface area contributed by atoms with Crippen LogP contribution in [0, 0.1) is 5.92 Å². The average molecular weight is 298 g/mol. The lowest BCUT2D eigenvalue weighted by Gasteiger charge is -2.17. The number of fused-ring (bicyclic) bond motifs is 1. The minimum atomic E-state index is 0.737. The molecule has 0 saturated carbocycles. The third kappa shape index (κ3) is 3.74. The summed E-state index contributed by atoms with van der Waals surface area (Å²) in [6, 6.07) is 6.39. The Morgan fingerprint density at radius 1 is 1.23 bits per heavy atom. The number of nitrogens with one attached hydrogen (secondary N) is 1. The van der Waals surface area contributed by atoms with Gasteiger partial charge in [-0.05, 0) is 69.4 Å². The van der Waals surface area contributed by atoms with E-state index in [2.05, 4.69) is 52.3 Å². The zero-order valence-corrected chi connectivity index (χ0v) is 13.7. The fourth-order valence-corrected chi connectivity index (χ4v) is 3.05. The first-order valence-corrected chi connectivity index (χ1v) is 8.38. The minimum absolute atomic E-state index is 0.737. The summed E-state index contributed by atoms with van der Waals surface area (Å²) < 4.78 is 0. The van der Waals surface area contributed by atoms with Gasteiger partial charge in [0.05, 0.1) is 11.7 Å². The van der Waals surface area contributed by atoms with Crippen LogP contribution in [0.15, 0.2) is 29.4 Å². The molecule has 3 heterocycles. The van der Waals surface area contributed by atoms with Gasteiger partial charge in [0.1, 0.15) is 0 Å². The standard InChI is InChI=1S/C13H15N3.C5H11N/c1-9-2-4-12(14-7-9)10-3-5-13-11(6-10)8-15-16-13;1-6-4-2-3-5-6/h3,5-6,8-9H,2,4,7H2,1H3,(H,15,16);2-5H2,1H3. The number of rotatable bonds is 1. The van der Waals surface area contributed by atoms with Gasteiger partial charge in [-0.2, -0.15) is 5.10 Å². The topological polar surface area (TPSA) is 44.3 Å². The van der Waals surface area contributed by atoms with E-state index in [0.29, 0.717) is 0 Å². The lowest BCUT2D eigenvalue weighted by atomic mass is 9.95. The van der Waals surface area contributed by atoms with Crippen LogP contribution in [0.4, 0.5) is 0 Å². The number of nitrogens with zero attached hydrogens (tertiary/aromatic N) is 3. The fraction of sp³-hybridized carbons (Fsp3) is 0.556. The molecule has 0 amide bonds. The van der Waals surface area contributed by atoms with Crippen molar-refractivity contribution in [1.29, 1.82) is 0 Å². The molecule has 1 unspecified atom stereocenters. The van der Waals surface area contributed by atoms with E-state index in [1.807, 2.05) is 6.20 Å². The molecule has 2 aliphatic rings. The number of hydrogen-bond acceptors (Lipinski definition) is 3. The zero-order valence-electron chi connectivity index (χ0n) is 13.7.